The van der Waals surface area contributed by atoms with Crippen molar-refractivity contribution in [2.24, 2.45) is 0 Å². The molecular formula is C24H25N5O3. The smallest absolute Gasteiger partial charge is 0.261 e. The maximum atomic E-state index is 12.9. The third-order valence-electron chi connectivity index (χ3n) is 6.16. The maximum absolute atomic E-state index is 12.9. The van der Waals surface area contributed by atoms with Gasteiger partial charge in [-0.25, -0.2) is 4.98 Å². The second-order valence-electron chi connectivity index (χ2n) is 8.07. The van der Waals surface area contributed by atoms with Gasteiger partial charge in [-0.3, -0.25) is 14.2 Å². The van der Waals surface area contributed by atoms with Crippen LogP contribution < -0.4 is 10.5 Å². The van der Waals surface area contributed by atoms with E-state index in [9.17, 15) is 9.59 Å². The summed E-state index contributed by atoms with van der Waals surface area (Å²) >= 11 is 0. The molecule has 5 rings (SSSR count). The number of H-pyrrole nitrogens is 1. The van der Waals surface area contributed by atoms with Crippen LogP contribution in [0.4, 0.5) is 5.69 Å². The van der Waals surface area contributed by atoms with Gasteiger partial charge in [0.2, 0.25) is 5.91 Å². The number of piperazine rings is 1. The molecule has 0 saturated carbocycles. The number of hydrogen-bond donors (Lipinski definition) is 2. The maximum Gasteiger partial charge on any atom is 0.261 e. The first-order chi connectivity index (χ1) is 15.6. The van der Waals surface area contributed by atoms with Gasteiger partial charge in [0, 0.05) is 49.0 Å². The van der Waals surface area contributed by atoms with E-state index < -0.39 is 0 Å². The van der Waals surface area contributed by atoms with E-state index in [-0.39, 0.29) is 24.6 Å². The first kappa shape index (κ1) is 20.3. The molecular weight excluding hydrogens is 406 g/mol. The van der Waals surface area contributed by atoms with E-state index in [0.29, 0.717) is 30.4 Å². The zero-order valence-corrected chi connectivity index (χ0v) is 17.7. The number of aromatic amines is 1. The fourth-order valence-corrected chi connectivity index (χ4v) is 4.38. The molecule has 1 fully saturated rings. The number of fused-ring (bicyclic) bond motifs is 2. The van der Waals surface area contributed by atoms with Crippen molar-refractivity contribution in [1.29, 1.82) is 0 Å². The summed E-state index contributed by atoms with van der Waals surface area (Å²) in [6.45, 7) is 2.90. The molecule has 8 heteroatoms. The van der Waals surface area contributed by atoms with Crippen LogP contribution in [0.1, 0.15) is 5.56 Å². The summed E-state index contributed by atoms with van der Waals surface area (Å²) < 4.78 is 1.42. The average Bonchev–Trinajstić information content (AvgIpc) is 3.24. The number of aliphatic hydroxyl groups is 1. The molecule has 3 heterocycles. The lowest BCUT2D eigenvalue weighted by Gasteiger charge is -2.36. The zero-order chi connectivity index (χ0) is 22.1. The standard InChI is InChI=1S/C24H25N5O3/c30-12-11-29-16-26-22-14-18(5-6-20(22)24(29)32)27-7-9-28(10-8-27)23(31)13-17-15-25-21-4-2-1-3-19(17)21/h1-6,14-16,25,30H,7-13H2. The average molecular weight is 431 g/mol. The Hall–Kier alpha value is -3.65. The van der Waals surface area contributed by atoms with E-state index in [4.69, 9.17) is 5.11 Å². The third-order valence-corrected chi connectivity index (χ3v) is 6.16. The zero-order valence-electron chi connectivity index (χ0n) is 17.7. The second kappa shape index (κ2) is 8.47. The highest BCUT2D eigenvalue weighted by Crippen LogP contribution is 2.22. The summed E-state index contributed by atoms with van der Waals surface area (Å²) in [5, 5.41) is 10.7. The molecule has 164 valence electrons. The fraction of sp³-hybridized carbons (Fsp3) is 0.292. The van der Waals surface area contributed by atoms with Crippen molar-refractivity contribution in [3.05, 3.63) is 70.9 Å². The molecule has 2 N–H and O–H groups in total. The van der Waals surface area contributed by atoms with Gasteiger partial charge in [0.1, 0.15) is 0 Å². The van der Waals surface area contributed by atoms with Crippen LogP contribution >= 0.6 is 0 Å². The minimum absolute atomic E-state index is 0.103. The molecule has 1 aliphatic heterocycles. The Morgan fingerprint density at radius 1 is 1.06 bits per heavy atom. The van der Waals surface area contributed by atoms with Crippen molar-refractivity contribution in [2.45, 2.75) is 13.0 Å². The van der Waals surface area contributed by atoms with Crippen LogP contribution in [0.2, 0.25) is 0 Å². The second-order valence-corrected chi connectivity index (χ2v) is 8.07. The lowest BCUT2D eigenvalue weighted by atomic mass is 10.1. The summed E-state index contributed by atoms with van der Waals surface area (Å²) in [4.78, 5) is 37.1. The summed E-state index contributed by atoms with van der Waals surface area (Å²) in [6.07, 6.45) is 3.80. The highest BCUT2D eigenvalue weighted by Gasteiger charge is 2.22. The topological polar surface area (TPSA) is 94.5 Å². The van der Waals surface area contributed by atoms with Gasteiger partial charge in [0.05, 0.1) is 36.8 Å². The number of rotatable bonds is 5. The molecule has 0 bridgehead atoms. The normalized spacial score (nSPS) is 14.4. The van der Waals surface area contributed by atoms with E-state index in [0.717, 1.165) is 35.2 Å². The Labute approximate surface area is 184 Å². The van der Waals surface area contributed by atoms with Crippen LogP contribution in [0.3, 0.4) is 0 Å². The molecule has 0 radical (unpaired) electrons. The molecule has 2 aromatic carbocycles. The van der Waals surface area contributed by atoms with Gasteiger partial charge in [0.15, 0.2) is 0 Å². The number of aromatic nitrogens is 3. The van der Waals surface area contributed by atoms with Gasteiger partial charge >= 0.3 is 0 Å². The minimum atomic E-state index is -0.150. The molecule has 1 aliphatic rings. The van der Waals surface area contributed by atoms with E-state index in [1.807, 2.05) is 47.5 Å². The molecule has 0 atom stereocenters. The van der Waals surface area contributed by atoms with E-state index in [1.165, 1.54) is 10.9 Å². The number of nitrogens with zero attached hydrogens (tertiary/aromatic N) is 4. The van der Waals surface area contributed by atoms with Crippen molar-refractivity contribution in [1.82, 2.24) is 19.4 Å². The lowest BCUT2D eigenvalue weighted by Crippen LogP contribution is -2.49. The Morgan fingerprint density at radius 3 is 2.69 bits per heavy atom. The van der Waals surface area contributed by atoms with Crippen LogP contribution in [0, 0.1) is 0 Å². The number of benzene rings is 2. The van der Waals surface area contributed by atoms with Crippen LogP contribution in [0.5, 0.6) is 0 Å². The largest absolute Gasteiger partial charge is 0.395 e. The molecule has 1 saturated heterocycles. The van der Waals surface area contributed by atoms with Gasteiger partial charge < -0.3 is 19.9 Å². The van der Waals surface area contributed by atoms with E-state index in [1.54, 1.807) is 6.07 Å². The number of carbonyl (C=O) groups is 1. The molecule has 4 aromatic rings. The van der Waals surface area contributed by atoms with Gasteiger partial charge in [-0.05, 0) is 29.8 Å². The summed E-state index contributed by atoms with van der Waals surface area (Å²) in [6, 6.07) is 13.7. The lowest BCUT2D eigenvalue weighted by molar-refractivity contribution is -0.130. The van der Waals surface area contributed by atoms with Crippen molar-refractivity contribution in [2.75, 3.05) is 37.7 Å². The number of carbonyl (C=O) groups excluding carboxylic acids is 1. The van der Waals surface area contributed by atoms with Crippen molar-refractivity contribution in [3.63, 3.8) is 0 Å². The molecule has 0 spiro atoms. The molecule has 0 aliphatic carbocycles. The highest BCUT2D eigenvalue weighted by atomic mass is 16.3. The third kappa shape index (κ3) is 3.73. The van der Waals surface area contributed by atoms with E-state index in [2.05, 4.69) is 14.9 Å². The monoisotopic (exact) mass is 431 g/mol. The number of nitrogens with one attached hydrogen (secondary N) is 1. The number of aliphatic hydroxyl groups excluding tert-OH is 1. The van der Waals surface area contributed by atoms with Crippen molar-refractivity contribution in [3.8, 4) is 0 Å². The number of anilines is 1. The fourth-order valence-electron chi connectivity index (χ4n) is 4.38. The minimum Gasteiger partial charge on any atom is -0.395 e. The van der Waals surface area contributed by atoms with E-state index >= 15 is 0 Å². The van der Waals surface area contributed by atoms with Crippen molar-refractivity contribution < 1.29 is 9.90 Å². The molecule has 0 unspecified atom stereocenters. The first-order valence-corrected chi connectivity index (χ1v) is 10.8. The highest BCUT2D eigenvalue weighted by molar-refractivity contribution is 5.89. The van der Waals surface area contributed by atoms with Crippen LogP contribution in [-0.2, 0) is 17.8 Å². The summed E-state index contributed by atoms with van der Waals surface area (Å²) in [7, 11) is 0. The molecule has 32 heavy (non-hydrogen) atoms. The molecule has 8 nitrogen and oxygen atoms in total. The predicted molar refractivity (Wildman–Crippen MR) is 124 cm³/mol. The quantitative estimate of drug-likeness (QED) is 0.502. The Balaban J connectivity index is 1.26. The van der Waals surface area contributed by atoms with Gasteiger partial charge in [0.25, 0.3) is 5.56 Å². The van der Waals surface area contributed by atoms with Crippen molar-refractivity contribution >= 4 is 33.4 Å². The van der Waals surface area contributed by atoms with Gasteiger partial charge in [-0.2, -0.15) is 0 Å². The van der Waals surface area contributed by atoms with Crippen LogP contribution in [0.25, 0.3) is 21.8 Å². The molecule has 1 amide bonds. The SMILES string of the molecule is O=C(Cc1c[nH]c2ccccc12)N1CCN(c2ccc3c(=O)n(CCO)cnc3c2)CC1. The summed E-state index contributed by atoms with van der Waals surface area (Å²) in [5.74, 6) is 0.138. The first-order valence-electron chi connectivity index (χ1n) is 10.8. The van der Waals surface area contributed by atoms with Gasteiger partial charge in [-0.15, -0.1) is 0 Å². The number of hydrogen-bond acceptors (Lipinski definition) is 5. The molecule has 2 aromatic heterocycles. The summed E-state index contributed by atoms with van der Waals surface area (Å²) in [5.41, 5.74) is 3.56. The number of para-hydroxylation sites is 1. The Morgan fingerprint density at radius 2 is 1.88 bits per heavy atom. The van der Waals surface area contributed by atoms with Gasteiger partial charge in [-0.1, -0.05) is 18.2 Å². The Bertz CT molecular complexity index is 1330. The Kier molecular flexibility index (Phi) is 5.36. The van der Waals surface area contributed by atoms with Crippen LogP contribution in [-0.4, -0.2) is 63.2 Å². The number of amides is 1. The predicted octanol–water partition coefficient (Wildman–Crippen LogP) is 1.76. The van der Waals surface area contributed by atoms with Crippen LogP contribution in [0.15, 0.2) is 59.8 Å².